The van der Waals surface area contributed by atoms with Crippen LogP contribution in [-0.2, 0) is 0 Å². The van der Waals surface area contributed by atoms with Crippen molar-refractivity contribution in [3.63, 3.8) is 0 Å². The number of anilines is 2. The van der Waals surface area contributed by atoms with Crippen LogP contribution in [-0.4, -0.2) is 30.0 Å². The van der Waals surface area contributed by atoms with Gasteiger partial charge in [-0.25, -0.2) is 9.97 Å². The summed E-state index contributed by atoms with van der Waals surface area (Å²) in [5.41, 5.74) is 3.11. The van der Waals surface area contributed by atoms with Crippen molar-refractivity contribution in [2.24, 2.45) is 0 Å². The van der Waals surface area contributed by atoms with E-state index in [4.69, 9.17) is 0 Å². The molecule has 0 atom stereocenters. The number of rotatable bonds is 3. The second-order valence-electron chi connectivity index (χ2n) is 3.99. The van der Waals surface area contributed by atoms with Crippen molar-refractivity contribution in [1.82, 2.24) is 9.97 Å². The Morgan fingerprint density at radius 2 is 2.17 bits per heavy atom. The number of carbonyl (C=O) groups is 1. The molecular formula is C12H14N4OS. The monoisotopic (exact) mass is 262 g/mol. The normalized spacial score (nSPS) is 10.2. The lowest BCUT2D eigenvalue weighted by Crippen LogP contribution is -2.17. The first kappa shape index (κ1) is 12.5. The molecule has 2 heterocycles. The van der Waals surface area contributed by atoms with Crippen LogP contribution < -0.4 is 10.2 Å². The molecule has 6 heteroatoms. The van der Waals surface area contributed by atoms with Crippen LogP contribution in [0.4, 0.5) is 11.5 Å². The van der Waals surface area contributed by atoms with Crippen LogP contribution in [0.25, 0.3) is 0 Å². The number of pyridine rings is 1. The van der Waals surface area contributed by atoms with Gasteiger partial charge < -0.3 is 10.2 Å². The van der Waals surface area contributed by atoms with Gasteiger partial charge in [-0.1, -0.05) is 0 Å². The van der Waals surface area contributed by atoms with E-state index in [-0.39, 0.29) is 5.91 Å². The van der Waals surface area contributed by atoms with E-state index in [0.717, 1.165) is 11.5 Å². The summed E-state index contributed by atoms with van der Waals surface area (Å²) in [6.07, 6.45) is 1.70. The van der Waals surface area contributed by atoms with Gasteiger partial charge in [0.1, 0.15) is 4.88 Å². The lowest BCUT2D eigenvalue weighted by atomic mass is 10.3. The standard InChI is InChI=1S/C12H14N4OS/c1-8-10(18-7-14-8)12(17)15-9-5-4-6-13-11(9)16(2)3/h4-7H,1-3H3,(H,15,17). The van der Waals surface area contributed by atoms with Crippen LogP contribution in [0.15, 0.2) is 23.8 Å². The van der Waals surface area contributed by atoms with Crippen molar-refractivity contribution < 1.29 is 4.79 Å². The van der Waals surface area contributed by atoms with Crippen LogP contribution in [0.2, 0.25) is 0 Å². The third kappa shape index (κ3) is 2.48. The second kappa shape index (κ2) is 5.14. The van der Waals surface area contributed by atoms with Gasteiger partial charge in [0.15, 0.2) is 5.82 Å². The zero-order chi connectivity index (χ0) is 13.1. The predicted molar refractivity (Wildman–Crippen MR) is 73.4 cm³/mol. The van der Waals surface area contributed by atoms with Gasteiger partial charge >= 0.3 is 0 Å². The molecule has 1 N–H and O–H groups in total. The lowest BCUT2D eigenvalue weighted by Gasteiger charge is -2.15. The first-order valence-electron chi connectivity index (χ1n) is 5.43. The fourth-order valence-corrected chi connectivity index (χ4v) is 2.25. The number of aryl methyl sites for hydroxylation is 1. The molecule has 5 nitrogen and oxygen atoms in total. The highest BCUT2D eigenvalue weighted by molar-refractivity contribution is 7.12. The molecule has 0 bridgehead atoms. The number of nitrogens with one attached hydrogen (secondary N) is 1. The van der Waals surface area contributed by atoms with Crippen molar-refractivity contribution in [2.75, 3.05) is 24.3 Å². The highest BCUT2D eigenvalue weighted by Crippen LogP contribution is 2.22. The van der Waals surface area contributed by atoms with Gasteiger partial charge in [0.25, 0.3) is 5.91 Å². The van der Waals surface area contributed by atoms with Crippen LogP contribution in [0.5, 0.6) is 0 Å². The van der Waals surface area contributed by atoms with Gasteiger partial charge in [0.2, 0.25) is 0 Å². The molecule has 0 aliphatic carbocycles. The largest absolute Gasteiger partial charge is 0.361 e. The maximum Gasteiger partial charge on any atom is 0.267 e. The van der Waals surface area contributed by atoms with Gasteiger partial charge in [0, 0.05) is 20.3 Å². The Morgan fingerprint density at radius 1 is 1.39 bits per heavy atom. The summed E-state index contributed by atoms with van der Waals surface area (Å²) in [7, 11) is 3.77. The molecule has 2 aromatic rings. The first-order chi connectivity index (χ1) is 8.59. The smallest absolute Gasteiger partial charge is 0.267 e. The van der Waals surface area contributed by atoms with Crippen molar-refractivity contribution in [1.29, 1.82) is 0 Å². The molecule has 0 radical (unpaired) electrons. The summed E-state index contributed by atoms with van der Waals surface area (Å²) in [5, 5.41) is 2.86. The summed E-state index contributed by atoms with van der Waals surface area (Å²) in [5.74, 6) is 0.583. The predicted octanol–water partition coefficient (Wildman–Crippen LogP) is 2.16. The number of hydrogen-bond acceptors (Lipinski definition) is 5. The molecule has 0 saturated heterocycles. The second-order valence-corrected chi connectivity index (χ2v) is 4.84. The maximum absolute atomic E-state index is 12.1. The molecule has 0 saturated carbocycles. The Kier molecular flexibility index (Phi) is 3.57. The van der Waals surface area contributed by atoms with Crippen molar-refractivity contribution >= 4 is 28.7 Å². The Bertz CT molecular complexity index is 565. The molecule has 94 valence electrons. The van der Waals surface area contributed by atoms with Gasteiger partial charge in [-0.15, -0.1) is 11.3 Å². The number of thiazole rings is 1. The van der Waals surface area contributed by atoms with E-state index in [1.165, 1.54) is 11.3 Å². The first-order valence-corrected chi connectivity index (χ1v) is 6.31. The van der Waals surface area contributed by atoms with E-state index in [1.54, 1.807) is 17.8 Å². The van der Waals surface area contributed by atoms with E-state index >= 15 is 0 Å². The van der Waals surface area contributed by atoms with Gasteiger partial charge in [-0.2, -0.15) is 0 Å². The van der Waals surface area contributed by atoms with E-state index < -0.39 is 0 Å². The van der Waals surface area contributed by atoms with Crippen LogP contribution in [0.1, 0.15) is 15.4 Å². The lowest BCUT2D eigenvalue weighted by molar-refractivity contribution is 0.103. The van der Waals surface area contributed by atoms with Crippen molar-refractivity contribution in [2.45, 2.75) is 6.92 Å². The molecule has 0 spiro atoms. The molecule has 0 aromatic carbocycles. The molecule has 18 heavy (non-hydrogen) atoms. The zero-order valence-corrected chi connectivity index (χ0v) is 11.3. The third-order valence-corrected chi connectivity index (χ3v) is 3.34. The van der Waals surface area contributed by atoms with Crippen LogP contribution >= 0.6 is 11.3 Å². The van der Waals surface area contributed by atoms with Gasteiger partial charge in [-0.05, 0) is 19.1 Å². The zero-order valence-electron chi connectivity index (χ0n) is 10.5. The SMILES string of the molecule is Cc1ncsc1C(=O)Nc1cccnc1N(C)C. The summed E-state index contributed by atoms with van der Waals surface area (Å²) in [6, 6.07) is 3.62. The Balaban J connectivity index is 2.25. The molecule has 2 rings (SSSR count). The molecule has 0 aliphatic heterocycles. The fourth-order valence-electron chi connectivity index (χ4n) is 1.55. The summed E-state index contributed by atoms with van der Waals surface area (Å²) in [6.45, 7) is 1.82. The van der Waals surface area contributed by atoms with Crippen LogP contribution in [0.3, 0.4) is 0 Å². The van der Waals surface area contributed by atoms with E-state index in [0.29, 0.717) is 10.6 Å². The number of nitrogens with zero attached hydrogens (tertiary/aromatic N) is 3. The van der Waals surface area contributed by atoms with E-state index in [2.05, 4.69) is 15.3 Å². The van der Waals surface area contributed by atoms with Crippen molar-refractivity contribution in [3.05, 3.63) is 34.4 Å². The van der Waals surface area contributed by atoms with Gasteiger partial charge in [0.05, 0.1) is 16.9 Å². The molecular weight excluding hydrogens is 248 g/mol. The molecule has 2 aromatic heterocycles. The minimum Gasteiger partial charge on any atom is -0.361 e. The maximum atomic E-state index is 12.1. The van der Waals surface area contributed by atoms with E-state index in [9.17, 15) is 4.79 Å². The Labute approximate surface area is 109 Å². The van der Waals surface area contributed by atoms with Crippen molar-refractivity contribution in [3.8, 4) is 0 Å². The molecule has 0 unspecified atom stereocenters. The average molecular weight is 262 g/mol. The number of amides is 1. The van der Waals surface area contributed by atoms with E-state index in [1.807, 2.05) is 32.0 Å². The number of carbonyl (C=O) groups excluding carboxylic acids is 1. The molecule has 0 aliphatic rings. The summed E-state index contributed by atoms with van der Waals surface area (Å²) < 4.78 is 0. The number of aromatic nitrogens is 2. The minimum absolute atomic E-state index is 0.147. The number of hydrogen-bond donors (Lipinski definition) is 1. The third-order valence-electron chi connectivity index (χ3n) is 2.41. The molecule has 1 amide bonds. The quantitative estimate of drug-likeness (QED) is 0.921. The molecule has 0 fully saturated rings. The Morgan fingerprint density at radius 3 is 2.78 bits per heavy atom. The highest BCUT2D eigenvalue weighted by Gasteiger charge is 2.14. The topological polar surface area (TPSA) is 58.1 Å². The average Bonchev–Trinajstić information content (AvgIpc) is 2.76. The summed E-state index contributed by atoms with van der Waals surface area (Å²) in [4.78, 5) is 22.9. The Hall–Kier alpha value is -1.95. The van der Waals surface area contributed by atoms with Gasteiger partial charge in [-0.3, -0.25) is 4.79 Å². The fraction of sp³-hybridized carbons (Fsp3) is 0.250. The minimum atomic E-state index is -0.147. The summed E-state index contributed by atoms with van der Waals surface area (Å²) >= 11 is 1.33. The van der Waals surface area contributed by atoms with Crippen LogP contribution in [0, 0.1) is 6.92 Å². The highest BCUT2D eigenvalue weighted by atomic mass is 32.1.